The van der Waals surface area contributed by atoms with Gasteiger partial charge in [-0.25, -0.2) is 9.59 Å². The van der Waals surface area contributed by atoms with E-state index in [0.717, 1.165) is 25.7 Å². The molecule has 0 spiro atoms. The number of rotatable bonds is 2. The van der Waals surface area contributed by atoms with E-state index in [9.17, 15) is 14.7 Å². The highest BCUT2D eigenvalue weighted by Gasteiger charge is 2.48. The molecule has 19 heavy (non-hydrogen) atoms. The second-order valence-corrected chi connectivity index (χ2v) is 6.10. The number of hydrogen-bond acceptors (Lipinski definition) is 2. The molecule has 0 aromatic heterocycles. The smallest absolute Gasteiger partial charge is 0.326 e. The summed E-state index contributed by atoms with van der Waals surface area (Å²) in [5, 5.41) is 9.39. The summed E-state index contributed by atoms with van der Waals surface area (Å²) >= 11 is 0. The van der Waals surface area contributed by atoms with Crippen molar-refractivity contribution in [3.8, 4) is 0 Å². The van der Waals surface area contributed by atoms with E-state index in [4.69, 9.17) is 0 Å². The van der Waals surface area contributed by atoms with Crippen LogP contribution in [0.3, 0.4) is 0 Å². The third-order valence-electron chi connectivity index (χ3n) is 4.67. The summed E-state index contributed by atoms with van der Waals surface area (Å²) in [6.45, 7) is 3.89. The molecule has 3 unspecified atom stereocenters. The van der Waals surface area contributed by atoms with Crippen LogP contribution >= 0.6 is 0 Å². The van der Waals surface area contributed by atoms with Crippen LogP contribution < -0.4 is 0 Å². The molecule has 5 heteroatoms. The van der Waals surface area contributed by atoms with Gasteiger partial charge in [0.15, 0.2) is 0 Å². The Balaban J connectivity index is 2.22. The SMILES string of the molecule is CC(C)N(C)C(=O)N1C(C(=O)O)CC2CCCCC21. The van der Waals surface area contributed by atoms with Gasteiger partial charge in [-0.3, -0.25) is 0 Å². The maximum absolute atomic E-state index is 12.5. The molecule has 5 nitrogen and oxygen atoms in total. The van der Waals surface area contributed by atoms with Crippen molar-refractivity contribution in [2.24, 2.45) is 5.92 Å². The van der Waals surface area contributed by atoms with Crippen molar-refractivity contribution in [3.63, 3.8) is 0 Å². The fourth-order valence-corrected chi connectivity index (χ4v) is 3.36. The second-order valence-electron chi connectivity index (χ2n) is 6.10. The van der Waals surface area contributed by atoms with Crippen molar-refractivity contribution in [2.45, 2.75) is 64.1 Å². The van der Waals surface area contributed by atoms with Gasteiger partial charge in [-0.2, -0.15) is 0 Å². The largest absolute Gasteiger partial charge is 0.480 e. The Morgan fingerprint density at radius 2 is 1.89 bits per heavy atom. The van der Waals surface area contributed by atoms with E-state index in [1.54, 1.807) is 16.8 Å². The van der Waals surface area contributed by atoms with Crippen molar-refractivity contribution in [3.05, 3.63) is 0 Å². The molecule has 108 valence electrons. The molecule has 1 aliphatic carbocycles. The third kappa shape index (κ3) is 2.55. The average Bonchev–Trinajstić information content (AvgIpc) is 2.76. The van der Waals surface area contributed by atoms with E-state index >= 15 is 0 Å². The summed E-state index contributed by atoms with van der Waals surface area (Å²) in [5.74, 6) is -0.487. The number of urea groups is 1. The fourth-order valence-electron chi connectivity index (χ4n) is 3.36. The summed E-state index contributed by atoms with van der Waals surface area (Å²) in [7, 11) is 1.75. The number of carbonyl (C=O) groups excluding carboxylic acids is 1. The van der Waals surface area contributed by atoms with E-state index < -0.39 is 12.0 Å². The number of likely N-dealkylation sites (tertiary alicyclic amines) is 1. The van der Waals surface area contributed by atoms with Crippen molar-refractivity contribution < 1.29 is 14.7 Å². The van der Waals surface area contributed by atoms with Crippen LogP contribution in [-0.2, 0) is 4.79 Å². The normalized spacial score (nSPS) is 30.3. The van der Waals surface area contributed by atoms with Gasteiger partial charge in [-0.15, -0.1) is 0 Å². The molecule has 0 radical (unpaired) electrons. The van der Waals surface area contributed by atoms with Crippen LogP contribution in [0.4, 0.5) is 4.79 Å². The molecule has 1 saturated heterocycles. The predicted octanol–water partition coefficient (Wildman–Crippen LogP) is 2.16. The Hall–Kier alpha value is -1.26. The molecule has 2 amide bonds. The van der Waals surface area contributed by atoms with Crippen LogP contribution in [0.25, 0.3) is 0 Å². The van der Waals surface area contributed by atoms with E-state index in [1.165, 1.54) is 0 Å². The van der Waals surface area contributed by atoms with Crippen molar-refractivity contribution >= 4 is 12.0 Å². The van der Waals surface area contributed by atoms with Crippen LogP contribution in [0.1, 0.15) is 46.0 Å². The van der Waals surface area contributed by atoms with E-state index in [1.807, 2.05) is 13.8 Å². The monoisotopic (exact) mass is 268 g/mol. The molecule has 0 aromatic carbocycles. The minimum absolute atomic E-state index is 0.0876. The number of carboxylic acids is 1. The zero-order chi connectivity index (χ0) is 14.2. The maximum Gasteiger partial charge on any atom is 0.326 e. The lowest BCUT2D eigenvalue weighted by atomic mass is 9.85. The molecule has 1 saturated carbocycles. The fraction of sp³-hybridized carbons (Fsp3) is 0.857. The molecule has 1 N–H and O–H groups in total. The number of nitrogens with zero attached hydrogens (tertiary/aromatic N) is 2. The van der Waals surface area contributed by atoms with E-state index in [0.29, 0.717) is 12.3 Å². The van der Waals surface area contributed by atoms with Gasteiger partial charge in [0.1, 0.15) is 6.04 Å². The number of fused-ring (bicyclic) bond motifs is 1. The molecule has 3 atom stereocenters. The average molecular weight is 268 g/mol. The maximum atomic E-state index is 12.5. The standard InChI is InChI=1S/C14H24N2O3/c1-9(2)15(3)14(19)16-11-7-5-4-6-10(11)8-12(16)13(17)18/h9-12H,4-8H2,1-3H3,(H,17,18). The molecule has 2 rings (SSSR count). The van der Waals surface area contributed by atoms with Gasteiger partial charge in [0.25, 0.3) is 0 Å². The number of aliphatic carboxylic acids is 1. The first-order valence-electron chi connectivity index (χ1n) is 7.21. The summed E-state index contributed by atoms with van der Waals surface area (Å²) in [5.41, 5.74) is 0. The first-order chi connectivity index (χ1) is 8.93. The van der Waals surface area contributed by atoms with Gasteiger partial charge in [0.05, 0.1) is 0 Å². The van der Waals surface area contributed by atoms with Crippen LogP contribution in [0, 0.1) is 5.92 Å². The Morgan fingerprint density at radius 1 is 1.26 bits per heavy atom. The van der Waals surface area contributed by atoms with Gasteiger partial charge in [0, 0.05) is 19.1 Å². The molecule has 0 bridgehead atoms. The second kappa shape index (κ2) is 5.39. The summed E-state index contributed by atoms with van der Waals surface area (Å²) in [6, 6.07) is -0.549. The zero-order valence-corrected chi connectivity index (χ0v) is 12.0. The van der Waals surface area contributed by atoms with Gasteiger partial charge in [-0.1, -0.05) is 12.8 Å². The number of hydrogen-bond donors (Lipinski definition) is 1. The highest BCUT2D eigenvalue weighted by Crippen LogP contribution is 2.40. The van der Waals surface area contributed by atoms with Crippen LogP contribution in [0.2, 0.25) is 0 Å². The minimum Gasteiger partial charge on any atom is -0.480 e. The lowest BCUT2D eigenvalue weighted by Gasteiger charge is -2.36. The van der Waals surface area contributed by atoms with Crippen LogP contribution in [0.5, 0.6) is 0 Å². The minimum atomic E-state index is -0.861. The van der Waals surface area contributed by atoms with Crippen molar-refractivity contribution in [1.82, 2.24) is 9.80 Å². The summed E-state index contributed by atoms with van der Waals surface area (Å²) < 4.78 is 0. The number of carboxylic acid groups (broad SMARTS) is 1. The highest BCUT2D eigenvalue weighted by atomic mass is 16.4. The summed E-state index contributed by atoms with van der Waals surface area (Å²) in [6.07, 6.45) is 4.89. The number of carbonyl (C=O) groups is 2. The molecule has 2 aliphatic rings. The van der Waals surface area contributed by atoms with Gasteiger partial charge in [-0.05, 0) is 39.0 Å². The Bertz CT molecular complexity index is 370. The number of amides is 2. The molecule has 2 fully saturated rings. The molecule has 1 aliphatic heterocycles. The molecule has 1 heterocycles. The Kier molecular flexibility index (Phi) is 4.02. The van der Waals surface area contributed by atoms with E-state index in [-0.39, 0.29) is 18.1 Å². The molecular formula is C14H24N2O3. The van der Waals surface area contributed by atoms with Gasteiger partial charge >= 0.3 is 12.0 Å². The first kappa shape index (κ1) is 14.2. The van der Waals surface area contributed by atoms with Gasteiger partial charge < -0.3 is 14.9 Å². The predicted molar refractivity (Wildman–Crippen MR) is 71.9 cm³/mol. The topological polar surface area (TPSA) is 60.9 Å². The van der Waals surface area contributed by atoms with E-state index in [2.05, 4.69) is 0 Å². The summed E-state index contributed by atoms with van der Waals surface area (Å²) in [4.78, 5) is 27.3. The molecular weight excluding hydrogens is 244 g/mol. The molecule has 0 aromatic rings. The lowest BCUT2D eigenvalue weighted by Crippen LogP contribution is -2.52. The first-order valence-corrected chi connectivity index (χ1v) is 7.21. The highest BCUT2D eigenvalue weighted by molar-refractivity contribution is 5.84. The van der Waals surface area contributed by atoms with Gasteiger partial charge in [0.2, 0.25) is 0 Å². The van der Waals surface area contributed by atoms with Crippen LogP contribution in [0.15, 0.2) is 0 Å². The Morgan fingerprint density at radius 3 is 2.47 bits per heavy atom. The Labute approximate surface area is 114 Å². The quantitative estimate of drug-likeness (QED) is 0.835. The van der Waals surface area contributed by atoms with Crippen LogP contribution in [-0.4, -0.2) is 52.1 Å². The van der Waals surface area contributed by atoms with Crippen molar-refractivity contribution in [2.75, 3.05) is 7.05 Å². The van der Waals surface area contributed by atoms with Crippen molar-refractivity contribution in [1.29, 1.82) is 0 Å². The lowest BCUT2D eigenvalue weighted by molar-refractivity contribution is -0.141. The zero-order valence-electron chi connectivity index (χ0n) is 12.0. The third-order valence-corrected chi connectivity index (χ3v) is 4.67.